The third kappa shape index (κ3) is 2.79. The Morgan fingerprint density at radius 3 is 2.67 bits per heavy atom. The van der Waals surface area contributed by atoms with Crippen LogP contribution < -0.4 is 11.1 Å². The van der Waals surface area contributed by atoms with Gasteiger partial charge in [0.15, 0.2) is 0 Å². The number of hydrogen-bond acceptors (Lipinski definition) is 2. The molecule has 2 aliphatic carbocycles. The van der Waals surface area contributed by atoms with E-state index in [2.05, 4.69) is 5.32 Å². The molecule has 1 aromatic rings. The molecule has 2 fully saturated rings. The number of nitrogens with one attached hydrogen (secondary N) is 1. The van der Waals surface area contributed by atoms with Crippen molar-refractivity contribution >= 4 is 5.91 Å². The zero-order chi connectivity index (χ0) is 15.0. The molecule has 0 aromatic heterocycles. The molecule has 0 aliphatic heterocycles. The summed E-state index contributed by atoms with van der Waals surface area (Å²) in [5, 5.41) is 3.02. The number of halogens is 2. The number of carbonyl (C=O) groups excluding carboxylic acids is 1. The highest BCUT2D eigenvalue weighted by Crippen LogP contribution is 2.49. The van der Waals surface area contributed by atoms with Crippen LogP contribution >= 0.6 is 0 Å². The zero-order valence-corrected chi connectivity index (χ0v) is 11.8. The Morgan fingerprint density at radius 2 is 2.00 bits per heavy atom. The Balaban J connectivity index is 1.64. The molecule has 1 aromatic carbocycles. The fraction of sp³-hybridized carbons (Fsp3) is 0.562. The first-order valence-electron chi connectivity index (χ1n) is 7.56. The van der Waals surface area contributed by atoms with Crippen molar-refractivity contribution in [3.63, 3.8) is 0 Å². The molecule has 0 spiro atoms. The normalized spacial score (nSPS) is 31.2. The van der Waals surface area contributed by atoms with Gasteiger partial charge in [-0.1, -0.05) is 12.5 Å². The fourth-order valence-electron chi connectivity index (χ4n) is 3.47. The molecule has 21 heavy (non-hydrogen) atoms. The van der Waals surface area contributed by atoms with Crippen LogP contribution in [0.5, 0.6) is 0 Å². The molecule has 3 rings (SSSR count). The van der Waals surface area contributed by atoms with Crippen LogP contribution in [0.1, 0.15) is 37.2 Å². The van der Waals surface area contributed by atoms with Crippen LogP contribution in [0, 0.1) is 23.5 Å². The van der Waals surface area contributed by atoms with Gasteiger partial charge < -0.3 is 11.1 Å². The summed E-state index contributed by atoms with van der Waals surface area (Å²) in [5.74, 6) is -1.52. The number of hydrogen-bond donors (Lipinski definition) is 2. The number of rotatable bonds is 4. The summed E-state index contributed by atoms with van der Waals surface area (Å²) < 4.78 is 27.4. The topological polar surface area (TPSA) is 55.1 Å². The quantitative estimate of drug-likeness (QED) is 0.895. The summed E-state index contributed by atoms with van der Waals surface area (Å²) in [6, 6.07) is 3.95. The van der Waals surface area contributed by atoms with Gasteiger partial charge in [-0.15, -0.1) is 0 Å². The van der Waals surface area contributed by atoms with Crippen molar-refractivity contribution in [1.82, 2.24) is 5.32 Å². The summed E-state index contributed by atoms with van der Waals surface area (Å²) in [4.78, 5) is 12.2. The van der Waals surface area contributed by atoms with E-state index in [4.69, 9.17) is 5.73 Å². The first-order chi connectivity index (χ1) is 10.1. The van der Waals surface area contributed by atoms with Crippen molar-refractivity contribution in [2.75, 3.05) is 6.54 Å². The van der Waals surface area contributed by atoms with Gasteiger partial charge in [-0.2, -0.15) is 0 Å². The highest BCUT2D eigenvalue weighted by Gasteiger charge is 2.47. The lowest BCUT2D eigenvalue weighted by molar-refractivity contribution is -0.123. The van der Waals surface area contributed by atoms with Gasteiger partial charge in [-0.05, 0) is 43.9 Å². The van der Waals surface area contributed by atoms with Gasteiger partial charge in [0, 0.05) is 23.4 Å². The van der Waals surface area contributed by atoms with Gasteiger partial charge in [0.1, 0.15) is 11.6 Å². The van der Waals surface area contributed by atoms with Gasteiger partial charge in [0.2, 0.25) is 5.91 Å². The molecule has 0 radical (unpaired) electrons. The molecule has 0 heterocycles. The van der Waals surface area contributed by atoms with Gasteiger partial charge in [0.25, 0.3) is 0 Å². The van der Waals surface area contributed by atoms with E-state index in [-0.39, 0.29) is 29.3 Å². The molecular formula is C16H20F2N2O. The summed E-state index contributed by atoms with van der Waals surface area (Å²) in [6.45, 7) is 0.570. The lowest BCUT2D eigenvalue weighted by Crippen LogP contribution is -2.40. The highest BCUT2D eigenvalue weighted by atomic mass is 19.1. The van der Waals surface area contributed by atoms with Crippen LogP contribution in [0.15, 0.2) is 18.2 Å². The lowest BCUT2D eigenvalue weighted by atomic mass is 10.0. The molecular weight excluding hydrogens is 274 g/mol. The van der Waals surface area contributed by atoms with Crippen LogP contribution in [0.4, 0.5) is 8.78 Å². The number of carbonyl (C=O) groups is 1. The van der Waals surface area contributed by atoms with Crippen LogP contribution in [0.3, 0.4) is 0 Å². The van der Waals surface area contributed by atoms with Gasteiger partial charge in [-0.3, -0.25) is 4.79 Å². The molecule has 2 aliphatic rings. The molecule has 0 saturated heterocycles. The summed E-state index contributed by atoms with van der Waals surface area (Å²) in [5.41, 5.74) is 5.75. The monoisotopic (exact) mass is 294 g/mol. The van der Waals surface area contributed by atoms with E-state index in [9.17, 15) is 13.6 Å². The average Bonchev–Trinajstić information content (AvgIpc) is 3.10. The second-order valence-corrected chi connectivity index (χ2v) is 6.13. The molecule has 4 unspecified atom stereocenters. The van der Waals surface area contributed by atoms with Crippen molar-refractivity contribution in [2.45, 2.75) is 37.6 Å². The first-order valence-corrected chi connectivity index (χ1v) is 7.56. The van der Waals surface area contributed by atoms with Crippen LogP contribution in [0.2, 0.25) is 0 Å². The van der Waals surface area contributed by atoms with E-state index in [0.29, 0.717) is 18.9 Å². The lowest BCUT2D eigenvalue weighted by Gasteiger charge is -2.19. The number of nitrogens with two attached hydrogens (primary N) is 1. The second kappa shape index (κ2) is 5.72. The maximum Gasteiger partial charge on any atom is 0.223 e. The maximum absolute atomic E-state index is 13.7. The van der Waals surface area contributed by atoms with E-state index >= 15 is 0 Å². The average molecular weight is 294 g/mol. The third-order valence-corrected chi connectivity index (χ3v) is 4.79. The minimum Gasteiger partial charge on any atom is -0.353 e. The molecule has 3 nitrogen and oxygen atoms in total. The van der Waals surface area contributed by atoms with Gasteiger partial charge in [0.05, 0.1) is 0 Å². The molecule has 1 amide bonds. The predicted molar refractivity (Wildman–Crippen MR) is 75.5 cm³/mol. The van der Waals surface area contributed by atoms with Crippen molar-refractivity contribution in [3.8, 4) is 0 Å². The van der Waals surface area contributed by atoms with Crippen LogP contribution in [-0.2, 0) is 4.79 Å². The van der Waals surface area contributed by atoms with Gasteiger partial charge in [-0.25, -0.2) is 8.78 Å². The second-order valence-electron chi connectivity index (χ2n) is 6.13. The van der Waals surface area contributed by atoms with Crippen molar-refractivity contribution < 1.29 is 13.6 Å². The zero-order valence-electron chi connectivity index (χ0n) is 11.8. The minimum absolute atomic E-state index is 0.0550. The molecule has 0 bridgehead atoms. The minimum atomic E-state index is -0.559. The Hall–Kier alpha value is -1.49. The molecule has 3 N–H and O–H groups in total. The molecule has 2 saturated carbocycles. The van der Waals surface area contributed by atoms with Crippen LogP contribution in [0.25, 0.3) is 0 Å². The predicted octanol–water partition coefficient (Wildman–Crippen LogP) is 2.31. The van der Waals surface area contributed by atoms with E-state index in [1.54, 1.807) is 0 Å². The van der Waals surface area contributed by atoms with Crippen molar-refractivity contribution in [2.24, 2.45) is 17.6 Å². The number of amides is 1. The molecule has 4 atom stereocenters. The smallest absolute Gasteiger partial charge is 0.223 e. The largest absolute Gasteiger partial charge is 0.353 e. The van der Waals surface area contributed by atoms with E-state index in [1.807, 2.05) is 0 Å². The standard InChI is InChI=1S/C16H20F2N2O/c17-12-4-2-5-13(18)15(12)10-7-11(10)16(21)20-14-6-1-3-9(14)8-19/h2,4-5,9-11,14H,1,3,6-8,19H2,(H,20,21). The summed E-state index contributed by atoms with van der Waals surface area (Å²) in [6.07, 6.45) is 3.57. The Labute approximate surface area is 122 Å². The molecule has 114 valence electrons. The third-order valence-electron chi connectivity index (χ3n) is 4.79. The Kier molecular flexibility index (Phi) is 3.93. The van der Waals surface area contributed by atoms with Crippen molar-refractivity contribution in [3.05, 3.63) is 35.4 Å². The van der Waals surface area contributed by atoms with Gasteiger partial charge >= 0.3 is 0 Å². The van der Waals surface area contributed by atoms with E-state index in [0.717, 1.165) is 19.3 Å². The first kappa shape index (κ1) is 14.4. The maximum atomic E-state index is 13.7. The Bertz CT molecular complexity index is 529. The summed E-state index contributed by atoms with van der Waals surface area (Å²) >= 11 is 0. The van der Waals surface area contributed by atoms with Crippen molar-refractivity contribution in [1.29, 1.82) is 0 Å². The summed E-state index contributed by atoms with van der Waals surface area (Å²) in [7, 11) is 0. The SMILES string of the molecule is NCC1CCCC1NC(=O)C1CC1c1c(F)cccc1F. The molecule has 5 heteroatoms. The van der Waals surface area contributed by atoms with E-state index in [1.165, 1.54) is 18.2 Å². The van der Waals surface area contributed by atoms with Crippen LogP contribution in [-0.4, -0.2) is 18.5 Å². The van der Waals surface area contributed by atoms with E-state index < -0.39 is 11.6 Å². The Morgan fingerprint density at radius 1 is 1.29 bits per heavy atom. The highest BCUT2D eigenvalue weighted by molar-refractivity contribution is 5.83. The fourth-order valence-corrected chi connectivity index (χ4v) is 3.47. The number of benzene rings is 1.